The van der Waals surface area contributed by atoms with Crippen LogP contribution in [0.1, 0.15) is 41.7 Å². The van der Waals surface area contributed by atoms with Crippen molar-refractivity contribution < 1.29 is 12.8 Å². The number of rotatable bonds is 3. The van der Waals surface area contributed by atoms with Gasteiger partial charge in [-0.3, -0.25) is 0 Å². The molecule has 2 aromatic rings. The summed E-state index contributed by atoms with van der Waals surface area (Å²) in [7, 11) is -3.52. The number of aryl methyl sites for hydroxylation is 1. The van der Waals surface area contributed by atoms with Gasteiger partial charge in [0.15, 0.2) is 0 Å². The fourth-order valence-corrected chi connectivity index (χ4v) is 5.49. The van der Waals surface area contributed by atoms with Gasteiger partial charge in [-0.1, -0.05) is 42.5 Å². The lowest BCUT2D eigenvalue weighted by molar-refractivity contribution is 0.279. The molecule has 128 valence electrons. The van der Waals surface area contributed by atoms with E-state index in [2.05, 4.69) is 0 Å². The largest absolute Gasteiger partial charge is 0.221 e. The standard InChI is InChI=1S/C19H22FNO2S/c1-14-8-10-17(18(20)12-14)13-21-15(2)9-11-19(24(21,22)23)16-6-4-3-5-7-16/h3-8,10,12,15,19H,9,11,13H2,1-2H3/t15-,19+/m0/s1. The highest BCUT2D eigenvalue weighted by Crippen LogP contribution is 2.38. The number of benzene rings is 2. The molecule has 0 unspecified atom stereocenters. The molecule has 1 aliphatic rings. The van der Waals surface area contributed by atoms with Crippen molar-refractivity contribution >= 4 is 10.0 Å². The lowest BCUT2D eigenvalue weighted by atomic mass is 10.0. The van der Waals surface area contributed by atoms with Crippen LogP contribution in [0.25, 0.3) is 0 Å². The van der Waals surface area contributed by atoms with Crippen molar-refractivity contribution in [2.45, 2.75) is 44.5 Å². The molecule has 3 rings (SSSR count). The fraction of sp³-hybridized carbons (Fsp3) is 0.368. The Balaban J connectivity index is 1.93. The summed E-state index contributed by atoms with van der Waals surface area (Å²) >= 11 is 0. The maximum atomic E-state index is 14.2. The predicted octanol–water partition coefficient (Wildman–Crippen LogP) is 4.19. The van der Waals surface area contributed by atoms with Crippen LogP contribution in [0.15, 0.2) is 48.5 Å². The summed E-state index contributed by atoms with van der Waals surface area (Å²) in [6, 6.07) is 14.1. The molecule has 0 aromatic heterocycles. The zero-order valence-electron chi connectivity index (χ0n) is 13.9. The molecule has 2 atom stereocenters. The molecule has 0 aliphatic carbocycles. The van der Waals surface area contributed by atoms with Crippen LogP contribution < -0.4 is 0 Å². The Hall–Kier alpha value is -1.72. The van der Waals surface area contributed by atoms with E-state index in [1.807, 2.05) is 50.2 Å². The third-order valence-corrected chi connectivity index (χ3v) is 7.10. The van der Waals surface area contributed by atoms with E-state index in [0.29, 0.717) is 12.0 Å². The summed E-state index contributed by atoms with van der Waals surface area (Å²) in [6.07, 6.45) is 1.37. The molecule has 0 radical (unpaired) electrons. The number of nitrogens with zero attached hydrogens (tertiary/aromatic N) is 1. The summed E-state index contributed by atoms with van der Waals surface area (Å²) in [5.41, 5.74) is 2.05. The van der Waals surface area contributed by atoms with Gasteiger partial charge in [-0.2, -0.15) is 4.31 Å². The summed E-state index contributed by atoms with van der Waals surface area (Å²) in [6.45, 7) is 3.79. The lowest BCUT2D eigenvalue weighted by Crippen LogP contribution is -2.44. The minimum Gasteiger partial charge on any atom is -0.212 e. The van der Waals surface area contributed by atoms with Crippen LogP contribution in [0.3, 0.4) is 0 Å². The molecule has 0 saturated carbocycles. The van der Waals surface area contributed by atoms with Gasteiger partial charge < -0.3 is 0 Å². The molecule has 0 N–H and O–H groups in total. The second-order valence-corrected chi connectivity index (χ2v) is 8.58. The maximum absolute atomic E-state index is 14.2. The van der Waals surface area contributed by atoms with Crippen molar-refractivity contribution in [1.82, 2.24) is 4.31 Å². The van der Waals surface area contributed by atoms with Crippen LogP contribution in [-0.2, 0) is 16.6 Å². The molecule has 1 saturated heterocycles. The summed E-state index contributed by atoms with van der Waals surface area (Å²) in [4.78, 5) is 0. The first-order valence-electron chi connectivity index (χ1n) is 8.20. The quantitative estimate of drug-likeness (QED) is 0.835. The van der Waals surface area contributed by atoms with Crippen molar-refractivity contribution in [3.8, 4) is 0 Å². The molecule has 1 fully saturated rings. The second kappa shape index (κ2) is 6.65. The van der Waals surface area contributed by atoms with Gasteiger partial charge in [0.2, 0.25) is 10.0 Å². The van der Waals surface area contributed by atoms with Gasteiger partial charge in [0.25, 0.3) is 0 Å². The molecular formula is C19H22FNO2S. The molecule has 3 nitrogen and oxygen atoms in total. The maximum Gasteiger partial charge on any atom is 0.221 e. The van der Waals surface area contributed by atoms with Gasteiger partial charge >= 0.3 is 0 Å². The van der Waals surface area contributed by atoms with Crippen molar-refractivity contribution in [3.63, 3.8) is 0 Å². The average Bonchev–Trinajstić information content (AvgIpc) is 2.53. The molecular weight excluding hydrogens is 325 g/mol. The normalized spacial score (nSPS) is 24.0. The van der Waals surface area contributed by atoms with E-state index >= 15 is 0 Å². The van der Waals surface area contributed by atoms with E-state index in [-0.39, 0.29) is 18.4 Å². The second-order valence-electron chi connectivity index (χ2n) is 6.51. The topological polar surface area (TPSA) is 37.4 Å². The SMILES string of the molecule is Cc1ccc(CN2[C@@H](C)CC[C@H](c3ccccc3)S2(=O)=O)c(F)c1. The minimum atomic E-state index is -3.52. The van der Waals surface area contributed by atoms with Gasteiger partial charge in [-0.05, 0) is 43.9 Å². The van der Waals surface area contributed by atoms with E-state index < -0.39 is 15.3 Å². The van der Waals surface area contributed by atoms with Crippen LogP contribution in [0.2, 0.25) is 0 Å². The van der Waals surface area contributed by atoms with Gasteiger partial charge in [0.05, 0.1) is 0 Å². The van der Waals surface area contributed by atoms with Crippen LogP contribution in [0, 0.1) is 12.7 Å². The van der Waals surface area contributed by atoms with Gasteiger partial charge in [0.1, 0.15) is 11.1 Å². The first-order valence-corrected chi connectivity index (χ1v) is 9.70. The smallest absolute Gasteiger partial charge is 0.212 e. The molecule has 5 heteroatoms. The highest BCUT2D eigenvalue weighted by Gasteiger charge is 2.40. The Morgan fingerprint density at radius 3 is 2.50 bits per heavy atom. The third-order valence-electron chi connectivity index (χ3n) is 4.73. The van der Waals surface area contributed by atoms with Crippen molar-refractivity contribution in [2.75, 3.05) is 0 Å². The lowest BCUT2D eigenvalue weighted by Gasteiger charge is -2.37. The Labute approximate surface area is 143 Å². The van der Waals surface area contributed by atoms with Crippen LogP contribution in [-0.4, -0.2) is 18.8 Å². The summed E-state index contributed by atoms with van der Waals surface area (Å²) < 4.78 is 41.9. The van der Waals surface area contributed by atoms with E-state index in [0.717, 1.165) is 17.5 Å². The fourth-order valence-electron chi connectivity index (χ4n) is 3.30. The van der Waals surface area contributed by atoms with E-state index in [4.69, 9.17) is 0 Å². The minimum absolute atomic E-state index is 0.0823. The number of hydrogen-bond acceptors (Lipinski definition) is 2. The van der Waals surface area contributed by atoms with Gasteiger partial charge in [0, 0.05) is 18.2 Å². The average molecular weight is 347 g/mol. The van der Waals surface area contributed by atoms with Crippen LogP contribution in [0.5, 0.6) is 0 Å². The number of halogens is 1. The van der Waals surface area contributed by atoms with E-state index in [1.165, 1.54) is 10.4 Å². The van der Waals surface area contributed by atoms with Crippen LogP contribution >= 0.6 is 0 Å². The van der Waals surface area contributed by atoms with Crippen LogP contribution in [0.4, 0.5) is 4.39 Å². The predicted molar refractivity (Wildman–Crippen MR) is 93.5 cm³/mol. The van der Waals surface area contributed by atoms with Crippen molar-refractivity contribution in [1.29, 1.82) is 0 Å². The van der Waals surface area contributed by atoms with E-state index in [1.54, 1.807) is 6.07 Å². The Bertz CT molecular complexity index is 821. The van der Waals surface area contributed by atoms with Gasteiger partial charge in [-0.15, -0.1) is 0 Å². The zero-order valence-corrected chi connectivity index (χ0v) is 14.8. The monoisotopic (exact) mass is 347 g/mol. The highest BCUT2D eigenvalue weighted by atomic mass is 32.2. The highest BCUT2D eigenvalue weighted by molar-refractivity contribution is 7.89. The number of sulfonamides is 1. The Morgan fingerprint density at radius 2 is 1.83 bits per heavy atom. The Kier molecular flexibility index (Phi) is 4.74. The van der Waals surface area contributed by atoms with Crippen molar-refractivity contribution in [2.24, 2.45) is 0 Å². The Morgan fingerprint density at radius 1 is 1.12 bits per heavy atom. The summed E-state index contributed by atoms with van der Waals surface area (Å²) in [5, 5.41) is -0.552. The van der Waals surface area contributed by atoms with Crippen molar-refractivity contribution in [3.05, 3.63) is 71.0 Å². The first-order chi connectivity index (χ1) is 11.4. The molecule has 1 heterocycles. The molecule has 2 aromatic carbocycles. The zero-order chi connectivity index (χ0) is 17.3. The van der Waals surface area contributed by atoms with Gasteiger partial charge in [-0.25, -0.2) is 12.8 Å². The van der Waals surface area contributed by atoms with E-state index in [9.17, 15) is 12.8 Å². The molecule has 1 aliphatic heterocycles. The third kappa shape index (κ3) is 3.23. The first kappa shape index (κ1) is 17.1. The molecule has 0 spiro atoms. The number of hydrogen-bond donors (Lipinski definition) is 0. The molecule has 0 bridgehead atoms. The molecule has 0 amide bonds. The summed E-state index contributed by atoms with van der Waals surface area (Å²) in [5.74, 6) is -0.348. The molecule has 24 heavy (non-hydrogen) atoms.